The highest BCUT2D eigenvalue weighted by Crippen LogP contribution is 2.31. The van der Waals surface area contributed by atoms with E-state index in [1.807, 2.05) is 30.3 Å². The SMILES string of the molecule is COc1cccc(OC)c1Cc1ccccc1C(N)=O. The van der Waals surface area contributed by atoms with Gasteiger partial charge in [0.25, 0.3) is 0 Å². The molecule has 2 rings (SSSR count). The summed E-state index contributed by atoms with van der Waals surface area (Å²) in [7, 11) is 3.22. The molecule has 0 aliphatic rings. The summed E-state index contributed by atoms with van der Waals surface area (Å²) in [5, 5.41) is 0. The highest BCUT2D eigenvalue weighted by molar-refractivity contribution is 5.94. The third kappa shape index (κ3) is 2.74. The summed E-state index contributed by atoms with van der Waals surface area (Å²) >= 11 is 0. The van der Waals surface area contributed by atoms with Crippen LogP contribution in [0.5, 0.6) is 11.5 Å². The van der Waals surface area contributed by atoms with Crippen molar-refractivity contribution in [1.29, 1.82) is 0 Å². The van der Waals surface area contributed by atoms with E-state index < -0.39 is 5.91 Å². The van der Waals surface area contributed by atoms with E-state index in [0.29, 0.717) is 12.0 Å². The van der Waals surface area contributed by atoms with Crippen LogP contribution in [0.3, 0.4) is 0 Å². The van der Waals surface area contributed by atoms with Crippen LogP contribution in [0.1, 0.15) is 21.5 Å². The zero-order valence-electron chi connectivity index (χ0n) is 11.6. The Balaban J connectivity index is 2.47. The van der Waals surface area contributed by atoms with Crippen LogP contribution in [0, 0.1) is 0 Å². The van der Waals surface area contributed by atoms with Crippen LogP contribution in [0.25, 0.3) is 0 Å². The maximum absolute atomic E-state index is 11.5. The van der Waals surface area contributed by atoms with E-state index in [9.17, 15) is 4.79 Å². The lowest BCUT2D eigenvalue weighted by Gasteiger charge is -2.14. The lowest BCUT2D eigenvalue weighted by molar-refractivity contribution is 0.0999. The fourth-order valence-corrected chi connectivity index (χ4v) is 2.21. The minimum atomic E-state index is -0.436. The number of carbonyl (C=O) groups excluding carboxylic acids is 1. The number of benzene rings is 2. The molecule has 0 saturated heterocycles. The fourth-order valence-electron chi connectivity index (χ4n) is 2.21. The molecule has 2 aromatic carbocycles. The molecule has 2 N–H and O–H groups in total. The topological polar surface area (TPSA) is 61.6 Å². The van der Waals surface area contributed by atoms with Crippen molar-refractivity contribution in [2.45, 2.75) is 6.42 Å². The second kappa shape index (κ2) is 6.10. The number of ether oxygens (including phenoxy) is 2. The summed E-state index contributed by atoms with van der Waals surface area (Å²) in [6.07, 6.45) is 0.520. The Morgan fingerprint density at radius 1 is 1.00 bits per heavy atom. The summed E-state index contributed by atoms with van der Waals surface area (Å²) in [5.41, 5.74) is 7.67. The summed E-state index contributed by atoms with van der Waals surface area (Å²) in [5.74, 6) is 1.02. The van der Waals surface area contributed by atoms with Gasteiger partial charge < -0.3 is 15.2 Å². The quantitative estimate of drug-likeness (QED) is 0.908. The third-order valence-corrected chi connectivity index (χ3v) is 3.18. The minimum Gasteiger partial charge on any atom is -0.496 e. The Labute approximate surface area is 118 Å². The molecule has 4 nitrogen and oxygen atoms in total. The molecule has 20 heavy (non-hydrogen) atoms. The Hall–Kier alpha value is -2.49. The van der Waals surface area contributed by atoms with Crippen LogP contribution in [-0.4, -0.2) is 20.1 Å². The summed E-state index contributed by atoms with van der Waals surface area (Å²) in [6, 6.07) is 12.9. The molecule has 2 aromatic rings. The van der Waals surface area contributed by atoms with Gasteiger partial charge in [-0.1, -0.05) is 24.3 Å². The zero-order valence-corrected chi connectivity index (χ0v) is 11.6. The van der Waals surface area contributed by atoms with Gasteiger partial charge in [0.15, 0.2) is 0 Å². The molecular weight excluding hydrogens is 254 g/mol. The standard InChI is InChI=1S/C16H17NO3/c1-19-14-8-5-9-15(20-2)13(14)10-11-6-3-4-7-12(11)16(17)18/h3-9H,10H2,1-2H3,(H2,17,18). The Bertz CT molecular complexity index is 601. The van der Waals surface area contributed by atoms with Crippen molar-refractivity contribution in [3.05, 3.63) is 59.2 Å². The molecule has 4 heteroatoms. The number of carbonyl (C=O) groups is 1. The van der Waals surface area contributed by atoms with Crippen LogP contribution >= 0.6 is 0 Å². The number of hydrogen-bond donors (Lipinski definition) is 1. The number of rotatable bonds is 5. The minimum absolute atomic E-state index is 0.436. The van der Waals surface area contributed by atoms with E-state index in [1.54, 1.807) is 26.4 Å². The first-order valence-corrected chi connectivity index (χ1v) is 6.25. The van der Waals surface area contributed by atoms with Gasteiger partial charge in [0.05, 0.1) is 14.2 Å². The fraction of sp³-hybridized carbons (Fsp3) is 0.188. The van der Waals surface area contributed by atoms with Gasteiger partial charge in [-0.3, -0.25) is 4.79 Å². The maximum Gasteiger partial charge on any atom is 0.248 e. The van der Waals surface area contributed by atoms with Crippen LogP contribution in [0.2, 0.25) is 0 Å². The molecule has 0 saturated carbocycles. The van der Waals surface area contributed by atoms with E-state index in [4.69, 9.17) is 15.2 Å². The molecule has 104 valence electrons. The van der Waals surface area contributed by atoms with E-state index in [2.05, 4.69) is 0 Å². The monoisotopic (exact) mass is 271 g/mol. The van der Waals surface area contributed by atoms with Crippen molar-refractivity contribution in [3.8, 4) is 11.5 Å². The molecule has 0 aliphatic heterocycles. The molecule has 0 bridgehead atoms. The number of primary amides is 1. The first-order valence-electron chi connectivity index (χ1n) is 6.25. The average Bonchev–Trinajstić information content (AvgIpc) is 2.47. The van der Waals surface area contributed by atoms with Crippen LogP contribution in [-0.2, 0) is 6.42 Å². The van der Waals surface area contributed by atoms with Crippen molar-refractivity contribution in [1.82, 2.24) is 0 Å². The molecule has 0 fully saturated rings. The van der Waals surface area contributed by atoms with Gasteiger partial charge in [0.2, 0.25) is 5.91 Å². The van der Waals surface area contributed by atoms with Crippen LogP contribution < -0.4 is 15.2 Å². The first kappa shape index (κ1) is 13.9. The normalized spacial score (nSPS) is 10.1. The van der Waals surface area contributed by atoms with E-state index in [1.165, 1.54) is 0 Å². The molecule has 0 radical (unpaired) electrons. The summed E-state index contributed by atoms with van der Waals surface area (Å²) < 4.78 is 10.7. The predicted molar refractivity (Wildman–Crippen MR) is 77.3 cm³/mol. The van der Waals surface area contributed by atoms with Gasteiger partial charge in [-0.2, -0.15) is 0 Å². The number of methoxy groups -OCH3 is 2. The highest BCUT2D eigenvalue weighted by Gasteiger charge is 2.14. The van der Waals surface area contributed by atoms with Crippen LogP contribution in [0.15, 0.2) is 42.5 Å². The molecule has 0 aliphatic carbocycles. The number of hydrogen-bond acceptors (Lipinski definition) is 3. The molecule has 0 aromatic heterocycles. The highest BCUT2D eigenvalue weighted by atomic mass is 16.5. The largest absolute Gasteiger partial charge is 0.496 e. The van der Waals surface area contributed by atoms with Crippen molar-refractivity contribution in [3.63, 3.8) is 0 Å². The lowest BCUT2D eigenvalue weighted by Crippen LogP contribution is -2.14. The van der Waals surface area contributed by atoms with Crippen molar-refractivity contribution < 1.29 is 14.3 Å². The summed E-state index contributed by atoms with van der Waals surface area (Å²) in [6.45, 7) is 0. The summed E-state index contributed by atoms with van der Waals surface area (Å²) in [4.78, 5) is 11.5. The van der Waals surface area contributed by atoms with Crippen molar-refractivity contribution in [2.24, 2.45) is 5.73 Å². The Kier molecular flexibility index (Phi) is 4.25. The van der Waals surface area contributed by atoms with Crippen molar-refractivity contribution >= 4 is 5.91 Å². The van der Waals surface area contributed by atoms with Gasteiger partial charge in [-0.25, -0.2) is 0 Å². The molecule has 0 heterocycles. The molecular formula is C16H17NO3. The number of amides is 1. The smallest absolute Gasteiger partial charge is 0.248 e. The van der Waals surface area contributed by atoms with Crippen LogP contribution in [0.4, 0.5) is 0 Å². The van der Waals surface area contributed by atoms with E-state index >= 15 is 0 Å². The number of nitrogens with two attached hydrogens (primary N) is 1. The van der Waals surface area contributed by atoms with Crippen molar-refractivity contribution in [2.75, 3.05) is 14.2 Å². The molecule has 0 spiro atoms. The maximum atomic E-state index is 11.5. The molecule has 0 atom stereocenters. The second-order valence-corrected chi connectivity index (χ2v) is 4.34. The van der Waals surface area contributed by atoms with Gasteiger partial charge in [0.1, 0.15) is 11.5 Å². The Morgan fingerprint density at radius 3 is 2.15 bits per heavy atom. The van der Waals surface area contributed by atoms with Gasteiger partial charge in [-0.05, 0) is 23.8 Å². The molecule has 1 amide bonds. The first-order chi connectivity index (χ1) is 9.67. The second-order valence-electron chi connectivity index (χ2n) is 4.34. The molecule has 0 unspecified atom stereocenters. The zero-order chi connectivity index (χ0) is 14.5. The van der Waals surface area contributed by atoms with Gasteiger partial charge >= 0.3 is 0 Å². The van der Waals surface area contributed by atoms with E-state index in [0.717, 1.165) is 22.6 Å². The average molecular weight is 271 g/mol. The van der Waals surface area contributed by atoms with Gasteiger partial charge in [0, 0.05) is 17.5 Å². The lowest BCUT2D eigenvalue weighted by atomic mass is 9.98. The predicted octanol–water partition coefficient (Wildman–Crippen LogP) is 2.39. The Morgan fingerprint density at radius 2 is 1.60 bits per heavy atom. The third-order valence-electron chi connectivity index (χ3n) is 3.18. The van der Waals surface area contributed by atoms with Gasteiger partial charge in [-0.15, -0.1) is 0 Å². The van der Waals surface area contributed by atoms with E-state index in [-0.39, 0.29) is 0 Å².